The van der Waals surface area contributed by atoms with Crippen LogP contribution >= 0.6 is 11.6 Å². The van der Waals surface area contributed by atoms with Gasteiger partial charge in [-0.25, -0.2) is 0 Å². The number of ketones is 1. The van der Waals surface area contributed by atoms with E-state index in [4.69, 9.17) is 11.6 Å². The number of alkyl halides is 1. The Bertz CT molecular complexity index is 511. The Hall–Kier alpha value is -1.80. The van der Waals surface area contributed by atoms with Crippen molar-refractivity contribution in [3.05, 3.63) is 65.7 Å². The third kappa shape index (κ3) is 2.86. The lowest BCUT2D eigenvalue weighted by molar-refractivity contribution is 0.103. The molecule has 0 bridgehead atoms. The normalized spacial score (nSPS) is 9.94. The van der Waals surface area contributed by atoms with Gasteiger partial charge in [-0.2, -0.15) is 0 Å². The van der Waals surface area contributed by atoms with E-state index < -0.39 is 0 Å². The first kappa shape index (κ1) is 11.7. The summed E-state index contributed by atoms with van der Waals surface area (Å²) in [5.74, 6) is 0.0174. The lowest BCUT2D eigenvalue weighted by Crippen LogP contribution is -2.02. The van der Waals surface area contributed by atoms with Crippen LogP contribution in [-0.4, -0.2) is 11.8 Å². The molecule has 2 rings (SSSR count). The number of hydrogen-bond donors (Lipinski definition) is 1. The molecule has 17 heavy (non-hydrogen) atoms. The monoisotopic (exact) mass is 245 g/mol. The molecule has 0 fully saturated rings. The van der Waals surface area contributed by atoms with Gasteiger partial charge in [-0.1, -0.05) is 42.5 Å². The quantitative estimate of drug-likeness (QED) is 0.507. The molecule has 0 saturated heterocycles. The van der Waals surface area contributed by atoms with Crippen LogP contribution in [0.4, 0.5) is 5.69 Å². The number of carbonyl (C=O) groups excluding carboxylic acids is 1. The van der Waals surface area contributed by atoms with Crippen molar-refractivity contribution in [2.75, 3.05) is 11.3 Å². The summed E-state index contributed by atoms with van der Waals surface area (Å²) in [6.07, 6.45) is 0. The Balaban J connectivity index is 2.28. The number of carbonyl (C=O) groups is 1. The average Bonchev–Trinajstić information content (AvgIpc) is 2.40. The van der Waals surface area contributed by atoms with Crippen molar-refractivity contribution in [1.29, 1.82) is 0 Å². The summed E-state index contributed by atoms with van der Waals surface area (Å²) in [6, 6.07) is 16.9. The molecule has 0 radical (unpaired) electrons. The van der Waals surface area contributed by atoms with E-state index in [1.807, 2.05) is 42.5 Å². The largest absolute Gasteiger partial charge is 0.372 e. The Labute approximate surface area is 105 Å². The van der Waals surface area contributed by atoms with Crippen LogP contribution in [0, 0.1) is 0 Å². The third-order valence-electron chi connectivity index (χ3n) is 2.43. The van der Waals surface area contributed by atoms with E-state index in [-0.39, 0.29) is 5.78 Å². The van der Waals surface area contributed by atoms with Crippen molar-refractivity contribution in [2.24, 2.45) is 0 Å². The summed E-state index contributed by atoms with van der Waals surface area (Å²) in [5.41, 5.74) is 2.20. The number of nitrogens with one attached hydrogen (secondary N) is 1. The van der Waals surface area contributed by atoms with Crippen LogP contribution in [0.5, 0.6) is 0 Å². The average molecular weight is 246 g/mol. The van der Waals surface area contributed by atoms with Gasteiger partial charge in [0, 0.05) is 16.8 Å². The van der Waals surface area contributed by atoms with Gasteiger partial charge in [-0.05, 0) is 12.1 Å². The Morgan fingerprint density at radius 1 is 1.00 bits per heavy atom. The maximum atomic E-state index is 12.1. The molecule has 0 heterocycles. The number of halogens is 1. The molecule has 0 aromatic heterocycles. The van der Waals surface area contributed by atoms with Crippen LogP contribution in [0.25, 0.3) is 0 Å². The van der Waals surface area contributed by atoms with E-state index in [9.17, 15) is 4.79 Å². The first-order valence-corrected chi connectivity index (χ1v) is 5.84. The number of rotatable bonds is 4. The van der Waals surface area contributed by atoms with Crippen molar-refractivity contribution in [3.63, 3.8) is 0 Å². The maximum absolute atomic E-state index is 12.1. The van der Waals surface area contributed by atoms with E-state index in [0.717, 1.165) is 5.69 Å². The van der Waals surface area contributed by atoms with Gasteiger partial charge in [0.2, 0.25) is 0 Å². The molecule has 0 amide bonds. The summed E-state index contributed by atoms with van der Waals surface area (Å²) >= 11 is 5.59. The summed E-state index contributed by atoms with van der Waals surface area (Å²) in [4.78, 5) is 12.1. The zero-order chi connectivity index (χ0) is 12.1. The van der Waals surface area contributed by atoms with Crippen LogP contribution in [-0.2, 0) is 0 Å². The molecule has 0 spiro atoms. The topological polar surface area (TPSA) is 29.1 Å². The fourth-order valence-electron chi connectivity index (χ4n) is 1.60. The molecule has 2 aromatic carbocycles. The molecule has 0 aliphatic heterocycles. The van der Waals surface area contributed by atoms with Crippen molar-refractivity contribution < 1.29 is 4.79 Å². The Morgan fingerprint density at radius 2 is 1.71 bits per heavy atom. The van der Waals surface area contributed by atoms with Gasteiger partial charge in [-0.15, -0.1) is 11.6 Å². The highest BCUT2D eigenvalue weighted by Crippen LogP contribution is 2.14. The van der Waals surface area contributed by atoms with E-state index in [0.29, 0.717) is 17.1 Å². The minimum Gasteiger partial charge on any atom is -0.372 e. The van der Waals surface area contributed by atoms with Crippen LogP contribution in [0.3, 0.4) is 0 Å². The molecule has 0 atom stereocenters. The Morgan fingerprint density at radius 3 is 2.41 bits per heavy atom. The fraction of sp³-hybridized carbons (Fsp3) is 0.0714. The third-order valence-corrected chi connectivity index (χ3v) is 2.57. The summed E-state index contributed by atoms with van der Waals surface area (Å²) in [6.45, 7) is 0. The van der Waals surface area contributed by atoms with E-state index in [1.165, 1.54) is 0 Å². The number of hydrogen-bond acceptors (Lipinski definition) is 2. The molecular weight excluding hydrogens is 234 g/mol. The number of anilines is 1. The van der Waals surface area contributed by atoms with E-state index in [2.05, 4.69) is 5.32 Å². The summed E-state index contributed by atoms with van der Waals surface area (Å²) < 4.78 is 0. The van der Waals surface area contributed by atoms with Gasteiger partial charge in [0.15, 0.2) is 5.78 Å². The molecular formula is C14H12ClNO. The Kier molecular flexibility index (Phi) is 3.78. The van der Waals surface area contributed by atoms with Crippen molar-refractivity contribution >= 4 is 23.1 Å². The highest BCUT2D eigenvalue weighted by Gasteiger charge is 2.08. The van der Waals surface area contributed by atoms with Crippen molar-refractivity contribution in [2.45, 2.75) is 0 Å². The summed E-state index contributed by atoms with van der Waals surface area (Å²) in [5, 5.41) is 2.97. The predicted molar refractivity (Wildman–Crippen MR) is 70.7 cm³/mol. The predicted octanol–water partition coefficient (Wildman–Crippen LogP) is 3.53. The number of benzene rings is 2. The molecule has 0 aliphatic carbocycles. The van der Waals surface area contributed by atoms with Gasteiger partial charge < -0.3 is 5.32 Å². The molecule has 1 N–H and O–H groups in total. The lowest BCUT2D eigenvalue weighted by atomic mass is 10.0. The minimum atomic E-state index is 0.0174. The second kappa shape index (κ2) is 5.51. The maximum Gasteiger partial charge on any atom is 0.193 e. The van der Waals surface area contributed by atoms with Crippen molar-refractivity contribution in [3.8, 4) is 0 Å². The molecule has 3 heteroatoms. The molecule has 2 nitrogen and oxygen atoms in total. The first-order valence-electron chi connectivity index (χ1n) is 5.31. The zero-order valence-electron chi connectivity index (χ0n) is 9.19. The van der Waals surface area contributed by atoms with Gasteiger partial charge in [0.25, 0.3) is 0 Å². The van der Waals surface area contributed by atoms with Crippen molar-refractivity contribution in [1.82, 2.24) is 0 Å². The van der Waals surface area contributed by atoms with Gasteiger partial charge in [-0.3, -0.25) is 4.79 Å². The van der Waals surface area contributed by atoms with Crippen LogP contribution in [0.15, 0.2) is 54.6 Å². The van der Waals surface area contributed by atoms with Gasteiger partial charge >= 0.3 is 0 Å². The molecule has 86 valence electrons. The first-order chi connectivity index (χ1) is 8.31. The van der Waals surface area contributed by atoms with Gasteiger partial charge in [0.1, 0.15) is 0 Å². The van der Waals surface area contributed by atoms with E-state index >= 15 is 0 Å². The van der Waals surface area contributed by atoms with Crippen LogP contribution in [0.2, 0.25) is 0 Å². The highest BCUT2D eigenvalue weighted by atomic mass is 35.5. The smallest absolute Gasteiger partial charge is 0.193 e. The second-order valence-electron chi connectivity index (χ2n) is 3.59. The zero-order valence-corrected chi connectivity index (χ0v) is 9.95. The molecule has 0 aliphatic rings. The molecule has 0 saturated carbocycles. The minimum absolute atomic E-state index is 0.0174. The second-order valence-corrected chi connectivity index (χ2v) is 3.85. The van der Waals surface area contributed by atoms with Crippen LogP contribution in [0.1, 0.15) is 15.9 Å². The van der Waals surface area contributed by atoms with E-state index in [1.54, 1.807) is 12.1 Å². The van der Waals surface area contributed by atoms with Gasteiger partial charge in [0.05, 0.1) is 6.00 Å². The highest BCUT2D eigenvalue weighted by molar-refractivity contribution is 6.18. The SMILES string of the molecule is O=C(c1ccccc1)c1cccc(NCCl)c1. The fourth-order valence-corrected chi connectivity index (χ4v) is 1.76. The lowest BCUT2D eigenvalue weighted by Gasteiger charge is -2.05. The van der Waals surface area contributed by atoms with Crippen LogP contribution < -0.4 is 5.32 Å². The molecule has 2 aromatic rings. The standard InChI is InChI=1S/C14H12ClNO/c15-10-16-13-8-4-7-12(9-13)14(17)11-5-2-1-3-6-11/h1-9,16H,10H2. The molecule has 0 unspecified atom stereocenters. The summed E-state index contributed by atoms with van der Waals surface area (Å²) in [7, 11) is 0.